The van der Waals surface area contributed by atoms with Crippen molar-refractivity contribution in [2.75, 3.05) is 44.3 Å². The molecule has 3 heterocycles. The molecule has 3 aliphatic rings. The quantitative estimate of drug-likeness (QED) is 0.772. The van der Waals surface area contributed by atoms with Gasteiger partial charge in [0.2, 0.25) is 0 Å². The number of hydrogen-bond acceptors (Lipinski definition) is 6. The predicted molar refractivity (Wildman–Crippen MR) is 124 cm³/mol. The second kappa shape index (κ2) is 8.96. The first-order valence-electron chi connectivity index (χ1n) is 11.9. The molecule has 7 nitrogen and oxygen atoms in total. The van der Waals surface area contributed by atoms with Crippen molar-refractivity contribution < 1.29 is 9.84 Å². The molecule has 1 aliphatic carbocycles. The van der Waals surface area contributed by atoms with Crippen molar-refractivity contribution in [2.24, 2.45) is 5.41 Å². The third-order valence-corrected chi connectivity index (χ3v) is 7.80. The largest absolute Gasteiger partial charge is 0.387 e. The Kier molecular flexibility index (Phi) is 6.05. The van der Waals surface area contributed by atoms with E-state index >= 15 is 0 Å². The summed E-state index contributed by atoms with van der Waals surface area (Å²) < 4.78 is 7.02. The summed E-state index contributed by atoms with van der Waals surface area (Å²) >= 11 is 0. The number of morpholine rings is 1. The molecule has 3 fully saturated rings. The lowest BCUT2D eigenvalue weighted by atomic mass is 9.66. The van der Waals surface area contributed by atoms with Crippen LogP contribution in [0, 0.1) is 5.41 Å². The number of aromatic nitrogens is 2. The number of likely N-dealkylation sites (tertiary alicyclic amines) is 1. The van der Waals surface area contributed by atoms with Crippen molar-refractivity contribution in [1.29, 1.82) is 0 Å². The van der Waals surface area contributed by atoms with E-state index in [9.17, 15) is 9.90 Å². The van der Waals surface area contributed by atoms with Crippen molar-refractivity contribution in [1.82, 2.24) is 14.5 Å². The Morgan fingerprint density at radius 3 is 2.50 bits per heavy atom. The van der Waals surface area contributed by atoms with E-state index in [1.165, 1.54) is 5.56 Å². The molecule has 172 valence electrons. The summed E-state index contributed by atoms with van der Waals surface area (Å²) in [6.45, 7) is 5.77. The molecular weight excluding hydrogens is 404 g/mol. The number of aliphatic hydroxyl groups is 1. The zero-order valence-electron chi connectivity index (χ0n) is 18.8. The first-order chi connectivity index (χ1) is 15.6. The van der Waals surface area contributed by atoms with E-state index in [0.717, 1.165) is 58.4 Å². The van der Waals surface area contributed by atoms with Crippen molar-refractivity contribution in [3.05, 3.63) is 58.6 Å². The van der Waals surface area contributed by atoms with Crippen LogP contribution in [0.1, 0.15) is 37.7 Å². The van der Waals surface area contributed by atoms with E-state index < -0.39 is 5.60 Å². The Bertz CT molecular complexity index is 967. The molecule has 1 saturated carbocycles. The van der Waals surface area contributed by atoms with Crippen LogP contribution in [0.25, 0.3) is 0 Å². The lowest BCUT2D eigenvalue weighted by Crippen LogP contribution is -2.61. The average molecular weight is 439 g/mol. The summed E-state index contributed by atoms with van der Waals surface area (Å²) in [6, 6.07) is 12.2. The standard InChI is InChI=1S/C25H34N4O3/c30-23-16-22(28-12-14-32-15-13-28)26-20-29(23)19-25(31)10-11-27(17-21-6-2-1-3-7-21)18-24(25)8-4-5-9-24/h1-3,6-7,16,20,31H,4-5,8-15,17-19H2. The molecular formula is C25H34N4O3. The molecule has 1 unspecified atom stereocenters. The molecule has 7 heteroatoms. The van der Waals surface area contributed by atoms with Crippen molar-refractivity contribution >= 4 is 5.82 Å². The number of hydrogen-bond donors (Lipinski definition) is 1. The number of anilines is 1. The summed E-state index contributed by atoms with van der Waals surface area (Å²) in [6.07, 6.45) is 6.63. The first-order valence-corrected chi connectivity index (χ1v) is 11.9. The van der Waals surface area contributed by atoms with Gasteiger partial charge in [-0.05, 0) is 24.8 Å². The van der Waals surface area contributed by atoms with E-state index in [2.05, 4.69) is 39.0 Å². The first kappa shape index (κ1) is 21.6. The number of piperidine rings is 1. The van der Waals surface area contributed by atoms with Crippen LogP contribution in [0.4, 0.5) is 5.82 Å². The Morgan fingerprint density at radius 2 is 1.78 bits per heavy atom. The number of nitrogens with zero attached hydrogens (tertiary/aromatic N) is 4. The maximum Gasteiger partial charge on any atom is 0.255 e. The Balaban J connectivity index is 1.34. The Hall–Kier alpha value is -2.22. The van der Waals surface area contributed by atoms with Gasteiger partial charge in [0, 0.05) is 44.2 Å². The molecule has 0 radical (unpaired) electrons. The van der Waals surface area contributed by atoms with Crippen LogP contribution in [0.5, 0.6) is 0 Å². The SMILES string of the molecule is O=c1cc(N2CCOCC2)ncn1CC1(O)CCN(Cc2ccccc2)CC12CCCC2. The highest BCUT2D eigenvalue weighted by atomic mass is 16.5. The van der Waals surface area contributed by atoms with Gasteiger partial charge < -0.3 is 14.7 Å². The summed E-state index contributed by atoms with van der Waals surface area (Å²) in [5.74, 6) is 0.704. The van der Waals surface area contributed by atoms with Gasteiger partial charge in [-0.25, -0.2) is 4.98 Å². The van der Waals surface area contributed by atoms with Gasteiger partial charge in [0.25, 0.3) is 5.56 Å². The Labute approximate surface area is 189 Å². The molecule has 1 aromatic heterocycles. The molecule has 1 aromatic carbocycles. The van der Waals surface area contributed by atoms with Crippen LogP contribution in [0.15, 0.2) is 47.5 Å². The van der Waals surface area contributed by atoms with Crippen LogP contribution in [0.2, 0.25) is 0 Å². The van der Waals surface area contributed by atoms with Gasteiger partial charge in [-0.3, -0.25) is 14.3 Å². The second-order valence-corrected chi connectivity index (χ2v) is 9.78. The zero-order chi connectivity index (χ0) is 22.0. The smallest absolute Gasteiger partial charge is 0.255 e. The van der Waals surface area contributed by atoms with Crippen molar-refractivity contribution in [2.45, 2.75) is 50.8 Å². The van der Waals surface area contributed by atoms with Gasteiger partial charge in [-0.2, -0.15) is 0 Å². The molecule has 1 N–H and O–H groups in total. The average Bonchev–Trinajstić information content (AvgIpc) is 3.29. The van der Waals surface area contributed by atoms with E-state index in [4.69, 9.17) is 4.74 Å². The molecule has 2 saturated heterocycles. The maximum absolute atomic E-state index is 13.0. The molecule has 1 spiro atoms. The third kappa shape index (κ3) is 4.21. The topological polar surface area (TPSA) is 70.8 Å². The lowest BCUT2D eigenvalue weighted by Gasteiger charge is -2.52. The Morgan fingerprint density at radius 1 is 1.03 bits per heavy atom. The van der Waals surface area contributed by atoms with E-state index in [1.807, 2.05) is 6.07 Å². The highest BCUT2D eigenvalue weighted by molar-refractivity contribution is 5.37. The molecule has 0 amide bonds. The van der Waals surface area contributed by atoms with Crippen LogP contribution < -0.4 is 10.5 Å². The minimum absolute atomic E-state index is 0.0882. The summed E-state index contributed by atoms with van der Waals surface area (Å²) in [7, 11) is 0. The highest BCUT2D eigenvalue weighted by Gasteiger charge is 2.54. The van der Waals surface area contributed by atoms with Gasteiger partial charge in [-0.1, -0.05) is 43.2 Å². The molecule has 2 aromatic rings. The molecule has 2 aliphatic heterocycles. The maximum atomic E-state index is 13.0. The van der Waals surface area contributed by atoms with Gasteiger partial charge in [-0.15, -0.1) is 0 Å². The fraction of sp³-hybridized carbons (Fsp3) is 0.600. The van der Waals surface area contributed by atoms with Gasteiger partial charge in [0.15, 0.2) is 0 Å². The normalized spacial score (nSPS) is 26.0. The zero-order valence-corrected chi connectivity index (χ0v) is 18.8. The molecule has 0 bridgehead atoms. The van der Waals surface area contributed by atoms with Crippen LogP contribution in [-0.4, -0.2) is 64.6 Å². The molecule has 32 heavy (non-hydrogen) atoms. The minimum Gasteiger partial charge on any atom is -0.387 e. The molecule has 1 atom stereocenters. The summed E-state index contributed by atoms with van der Waals surface area (Å²) in [5, 5.41) is 12.0. The number of ether oxygens (including phenoxy) is 1. The van der Waals surface area contributed by atoms with Gasteiger partial charge >= 0.3 is 0 Å². The van der Waals surface area contributed by atoms with Gasteiger partial charge in [0.05, 0.1) is 31.7 Å². The monoisotopic (exact) mass is 438 g/mol. The van der Waals surface area contributed by atoms with E-state index in [1.54, 1.807) is 17.0 Å². The highest BCUT2D eigenvalue weighted by Crippen LogP contribution is 2.51. The minimum atomic E-state index is -0.886. The fourth-order valence-corrected chi connectivity index (χ4v) is 5.94. The van der Waals surface area contributed by atoms with E-state index in [-0.39, 0.29) is 11.0 Å². The van der Waals surface area contributed by atoms with E-state index in [0.29, 0.717) is 32.0 Å². The molecule has 5 rings (SSSR count). The summed E-state index contributed by atoms with van der Waals surface area (Å²) in [4.78, 5) is 22.1. The van der Waals surface area contributed by atoms with Crippen LogP contribution in [-0.2, 0) is 17.8 Å². The van der Waals surface area contributed by atoms with Crippen LogP contribution >= 0.6 is 0 Å². The van der Waals surface area contributed by atoms with Gasteiger partial charge in [0.1, 0.15) is 5.82 Å². The predicted octanol–water partition coefficient (Wildman–Crippen LogP) is 2.28. The third-order valence-electron chi connectivity index (χ3n) is 7.80. The number of rotatable bonds is 5. The second-order valence-electron chi connectivity index (χ2n) is 9.78. The van der Waals surface area contributed by atoms with Crippen LogP contribution in [0.3, 0.4) is 0 Å². The number of benzene rings is 1. The lowest BCUT2D eigenvalue weighted by molar-refractivity contribution is -0.144. The fourth-order valence-electron chi connectivity index (χ4n) is 5.94. The summed E-state index contributed by atoms with van der Waals surface area (Å²) in [5.41, 5.74) is 0.172. The van der Waals surface area contributed by atoms with Crippen molar-refractivity contribution in [3.8, 4) is 0 Å². The van der Waals surface area contributed by atoms with Crippen molar-refractivity contribution in [3.63, 3.8) is 0 Å².